The average Bonchev–Trinajstić information content (AvgIpc) is 2.84. The molecule has 1 atom stereocenters. The minimum absolute atomic E-state index is 0.0218. The number of benzene rings is 1. The van der Waals surface area contributed by atoms with E-state index < -0.39 is 17.2 Å². The number of carboxylic acid groups (broad SMARTS) is 1. The molecule has 4 nitrogen and oxygen atoms in total. The largest absolute Gasteiger partial charge is 0.481 e. The zero-order valence-electron chi connectivity index (χ0n) is 11.6. The van der Waals surface area contributed by atoms with Crippen molar-refractivity contribution in [2.75, 3.05) is 18.0 Å². The molecule has 0 saturated carbocycles. The molecular formula is C15H17FN2O2. The molecule has 0 spiro atoms. The van der Waals surface area contributed by atoms with Crippen LogP contribution in [0.2, 0.25) is 0 Å². The summed E-state index contributed by atoms with van der Waals surface area (Å²) in [5.74, 6) is -1.33. The highest BCUT2D eigenvalue weighted by molar-refractivity contribution is 5.77. The fourth-order valence-electron chi connectivity index (χ4n) is 2.76. The molecule has 1 heterocycles. The molecule has 1 fully saturated rings. The Kier molecular flexibility index (Phi) is 3.67. The van der Waals surface area contributed by atoms with Gasteiger partial charge in [0.05, 0.1) is 22.7 Å². The van der Waals surface area contributed by atoms with E-state index in [0.717, 1.165) is 0 Å². The van der Waals surface area contributed by atoms with E-state index in [1.807, 2.05) is 19.9 Å². The van der Waals surface area contributed by atoms with Crippen molar-refractivity contribution in [3.05, 3.63) is 29.6 Å². The Morgan fingerprint density at radius 3 is 2.70 bits per heavy atom. The second-order valence-corrected chi connectivity index (χ2v) is 5.57. The standard InChI is InChI=1S/C15H17FN2O2/c1-10(2)15(14(19)20)5-6-18(9-15)13-4-3-11(8-17)7-12(13)16/h3-4,7,10H,5-6,9H2,1-2H3,(H,19,20). The normalized spacial score (nSPS) is 22.1. The molecule has 1 aliphatic rings. The van der Waals surface area contributed by atoms with Crippen molar-refractivity contribution >= 4 is 11.7 Å². The van der Waals surface area contributed by atoms with Gasteiger partial charge in [-0.15, -0.1) is 0 Å². The smallest absolute Gasteiger partial charge is 0.311 e. The molecule has 1 aromatic rings. The maximum Gasteiger partial charge on any atom is 0.311 e. The van der Waals surface area contributed by atoms with Gasteiger partial charge in [-0.3, -0.25) is 4.79 Å². The van der Waals surface area contributed by atoms with E-state index in [1.54, 1.807) is 17.0 Å². The van der Waals surface area contributed by atoms with Gasteiger partial charge in [-0.25, -0.2) is 4.39 Å². The van der Waals surface area contributed by atoms with Gasteiger partial charge in [0.1, 0.15) is 5.82 Å². The van der Waals surface area contributed by atoms with Crippen molar-refractivity contribution < 1.29 is 14.3 Å². The molecule has 1 unspecified atom stereocenters. The second kappa shape index (κ2) is 5.12. The van der Waals surface area contributed by atoms with Crippen LogP contribution in [-0.4, -0.2) is 24.2 Å². The van der Waals surface area contributed by atoms with E-state index in [0.29, 0.717) is 25.2 Å². The van der Waals surface area contributed by atoms with Crippen LogP contribution in [0.15, 0.2) is 18.2 Å². The number of carbonyl (C=O) groups is 1. The SMILES string of the molecule is CC(C)C1(C(=O)O)CCN(c2ccc(C#N)cc2F)C1. The van der Waals surface area contributed by atoms with E-state index >= 15 is 0 Å². The molecule has 1 saturated heterocycles. The number of nitriles is 1. The molecule has 20 heavy (non-hydrogen) atoms. The predicted octanol–water partition coefficient (Wildman–Crippen LogP) is 2.63. The van der Waals surface area contributed by atoms with E-state index in [4.69, 9.17) is 5.26 Å². The molecule has 0 aliphatic carbocycles. The number of rotatable bonds is 3. The zero-order chi connectivity index (χ0) is 14.9. The summed E-state index contributed by atoms with van der Waals surface area (Å²) in [7, 11) is 0. The zero-order valence-corrected chi connectivity index (χ0v) is 11.6. The fourth-order valence-corrected chi connectivity index (χ4v) is 2.76. The first kappa shape index (κ1) is 14.3. The van der Waals surface area contributed by atoms with Gasteiger partial charge in [-0.1, -0.05) is 13.8 Å². The summed E-state index contributed by atoms with van der Waals surface area (Å²) < 4.78 is 14.0. The topological polar surface area (TPSA) is 64.3 Å². The monoisotopic (exact) mass is 276 g/mol. The molecule has 0 bridgehead atoms. The molecule has 0 radical (unpaired) electrons. The van der Waals surface area contributed by atoms with Gasteiger partial charge < -0.3 is 10.0 Å². The van der Waals surface area contributed by atoms with Gasteiger partial charge in [0.25, 0.3) is 0 Å². The lowest BCUT2D eigenvalue weighted by atomic mass is 9.76. The summed E-state index contributed by atoms with van der Waals surface area (Å²) >= 11 is 0. The molecule has 1 N–H and O–H groups in total. The first-order valence-electron chi connectivity index (χ1n) is 6.58. The summed E-state index contributed by atoms with van der Waals surface area (Å²) in [4.78, 5) is 13.3. The average molecular weight is 276 g/mol. The Labute approximate surface area is 117 Å². The number of nitrogens with zero attached hydrogens (tertiary/aromatic N) is 2. The number of anilines is 1. The van der Waals surface area contributed by atoms with Crippen LogP contribution in [0.1, 0.15) is 25.8 Å². The first-order valence-corrected chi connectivity index (χ1v) is 6.58. The quantitative estimate of drug-likeness (QED) is 0.921. The molecule has 5 heteroatoms. The third kappa shape index (κ3) is 2.22. The van der Waals surface area contributed by atoms with Gasteiger partial charge in [-0.05, 0) is 30.5 Å². The van der Waals surface area contributed by atoms with Crippen molar-refractivity contribution in [1.82, 2.24) is 0 Å². The van der Waals surface area contributed by atoms with Crippen LogP contribution < -0.4 is 4.90 Å². The lowest BCUT2D eigenvalue weighted by molar-refractivity contribution is -0.150. The van der Waals surface area contributed by atoms with E-state index in [-0.39, 0.29) is 11.5 Å². The molecule has 0 aromatic heterocycles. The highest BCUT2D eigenvalue weighted by Crippen LogP contribution is 2.40. The Morgan fingerprint density at radius 2 is 2.25 bits per heavy atom. The number of hydrogen-bond donors (Lipinski definition) is 1. The minimum Gasteiger partial charge on any atom is -0.481 e. The number of halogens is 1. The van der Waals surface area contributed by atoms with Crippen molar-refractivity contribution in [1.29, 1.82) is 5.26 Å². The number of hydrogen-bond acceptors (Lipinski definition) is 3. The van der Waals surface area contributed by atoms with Crippen LogP contribution in [0, 0.1) is 28.5 Å². The molecule has 0 amide bonds. The summed E-state index contributed by atoms with van der Waals surface area (Å²) in [6.07, 6.45) is 0.499. The van der Waals surface area contributed by atoms with Crippen LogP contribution >= 0.6 is 0 Å². The van der Waals surface area contributed by atoms with Gasteiger partial charge in [0.2, 0.25) is 0 Å². The number of aliphatic carboxylic acids is 1. The Bertz CT molecular complexity index is 580. The minimum atomic E-state index is -0.833. The third-order valence-corrected chi connectivity index (χ3v) is 4.25. The maximum absolute atomic E-state index is 14.0. The molecule has 1 aromatic carbocycles. The van der Waals surface area contributed by atoms with Crippen LogP contribution in [0.4, 0.5) is 10.1 Å². The fraction of sp³-hybridized carbons (Fsp3) is 0.467. The van der Waals surface area contributed by atoms with Gasteiger partial charge in [0, 0.05) is 13.1 Å². The van der Waals surface area contributed by atoms with Gasteiger partial charge in [-0.2, -0.15) is 5.26 Å². The first-order chi connectivity index (χ1) is 9.40. The molecule has 2 rings (SSSR count). The van der Waals surface area contributed by atoms with Crippen LogP contribution in [0.3, 0.4) is 0 Å². The lowest BCUT2D eigenvalue weighted by Gasteiger charge is -2.29. The Morgan fingerprint density at radius 1 is 1.55 bits per heavy atom. The van der Waals surface area contributed by atoms with Crippen LogP contribution in [0.25, 0.3) is 0 Å². The summed E-state index contributed by atoms with van der Waals surface area (Å²) in [6.45, 7) is 4.57. The highest BCUT2D eigenvalue weighted by atomic mass is 19.1. The van der Waals surface area contributed by atoms with Crippen molar-refractivity contribution in [3.8, 4) is 6.07 Å². The Balaban J connectivity index is 2.30. The number of carboxylic acids is 1. The molecule has 1 aliphatic heterocycles. The summed E-state index contributed by atoms with van der Waals surface area (Å²) in [5, 5.41) is 18.2. The van der Waals surface area contributed by atoms with Gasteiger partial charge in [0.15, 0.2) is 0 Å². The highest BCUT2D eigenvalue weighted by Gasteiger charge is 2.47. The van der Waals surface area contributed by atoms with Gasteiger partial charge >= 0.3 is 5.97 Å². The van der Waals surface area contributed by atoms with E-state index in [9.17, 15) is 14.3 Å². The van der Waals surface area contributed by atoms with Crippen LogP contribution in [0.5, 0.6) is 0 Å². The van der Waals surface area contributed by atoms with Crippen molar-refractivity contribution in [3.63, 3.8) is 0 Å². The van der Waals surface area contributed by atoms with E-state index in [2.05, 4.69) is 0 Å². The van der Waals surface area contributed by atoms with E-state index in [1.165, 1.54) is 6.07 Å². The second-order valence-electron chi connectivity index (χ2n) is 5.57. The summed E-state index contributed by atoms with van der Waals surface area (Å²) in [5.41, 5.74) is -0.202. The maximum atomic E-state index is 14.0. The predicted molar refractivity (Wildman–Crippen MR) is 72.9 cm³/mol. The lowest BCUT2D eigenvalue weighted by Crippen LogP contribution is -2.39. The molecular weight excluding hydrogens is 259 g/mol. The van der Waals surface area contributed by atoms with Crippen molar-refractivity contribution in [2.45, 2.75) is 20.3 Å². The van der Waals surface area contributed by atoms with Crippen molar-refractivity contribution in [2.24, 2.45) is 11.3 Å². The van der Waals surface area contributed by atoms with Crippen LogP contribution in [-0.2, 0) is 4.79 Å². The summed E-state index contributed by atoms with van der Waals surface area (Å²) in [6, 6.07) is 6.17. The third-order valence-electron chi connectivity index (χ3n) is 4.25. The Hall–Kier alpha value is -2.09. The molecule has 106 valence electrons.